The van der Waals surface area contributed by atoms with Crippen LogP contribution in [0.15, 0.2) is 0 Å². The molecule has 0 amide bonds. The van der Waals surface area contributed by atoms with E-state index >= 15 is 0 Å². The third kappa shape index (κ3) is 3.62. The van der Waals surface area contributed by atoms with Crippen molar-refractivity contribution < 1.29 is 9.90 Å². The number of Topliss-reactive ketones (excluding diaryl/α,β-unsaturated/α-hetero) is 1. The van der Waals surface area contributed by atoms with Crippen molar-refractivity contribution in [2.45, 2.75) is 33.1 Å². The number of ketones is 1. The fourth-order valence-corrected chi connectivity index (χ4v) is 0.827. The summed E-state index contributed by atoms with van der Waals surface area (Å²) in [7, 11) is 0. The number of carbonyl (C=O) groups excluding carboxylic acids is 1. The fourth-order valence-electron chi connectivity index (χ4n) is 0.827. The lowest BCUT2D eigenvalue weighted by atomic mass is 10.0. The molecule has 0 fully saturated rings. The molecule has 0 saturated carbocycles. The van der Waals surface area contributed by atoms with Crippen LogP contribution in [0.2, 0.25) is 0 Å². The number of aliphatic hydroxyl groups is 1. The number of aliphatic hydroxyl groups excluding tert-OH is 1. The van der Waals surface area contributed by atoms with Crippen LogP contribution in [0.4, 0.5) is 0 Å². The van der Waals surface area contributed by atoms with Gasteiger partial charge in [0, 0.05) is 5.92 Å². The van der Waals surface area contributed by atoms with Crippen molar-refractivity contribution in [1.82, 2.24) is 0 Å². The molecule has 0 heterocycles. The zero-order chi connectivity index (χ0) is 7.98. The van der Waals surface area contributed by atoms with Crippen LogP contribution in [0, 0.1) is 5.92 Å². The highest BCUT2D eigenvalue weighted by atomic mass is 16.3. The molecule has 0 aromatic heterocycles. The van der Waals surface area contributed by atoms with Gasteiger partial charge in [-0.15, -0.1) is 0 Å². The molecule has 0 aromatic carbocycles. The smallest absolute Gasteiger partial charge is 0.160 e. The molecule has 60 valence electrons. The molecule has 0 radical (unpaired) electrons. The van der Waals surface area contributed by atoms with Gasteiger partial charge >= 0.3 is 0 Å². The summed E-state index contributed by atoms with van der Waals surface area (Å²) in [5, 5.41) is 8.45. The number of hydrogen-bond donors (Lipinski definition) is 1. The summed E-state index contributed by atoms with van der Waals surface area (Å²) in [6.45, 7) is 3.66. The molecule has 0 aliphatic rings. The average Bonchev–Trinajstić information content (AvgIpc) is 1.98. The van der Waals surface area contributed by atoms with E-state index in [4.69, 9.17) is 5.11 Å². The van der Waals surface area contributed by atoms with Gasteiger partial charge in [-0.05, 0) is 6.42 Å². The van der Waals surface area contributed by atoms with Crippen molar-refractivity contribution >= 4 is 5.78 Å². The van der Waals surface area contributed by atoms with E-state index in [1.165, 1.54) is 0 Å². The number of carbonyl (C=O) groups is 1. The predicted molar refractivity (Wildman–Crippen MR) is 40.8 cm³/mol. The van der Waals surface area contributed by atoms with Gasteiger partial charge in [-0.2, -0.15) is 0 Å². The second-order valence-corrected chi connectivity index (χ2v) is 2.67. The first-order valence-electron chi connectivity index (χ1n) is 3.86. The fraction of sp³-hybridized carbons (Fsp3) is 0.875. The standard InChI is InChI=1S/C8H16O2/c1-3-4-5-7(2)8(10)6-9/h7,9H,3-6H2,1-2H3. The van der Waals surface area contributed by atoms with Crippen LogP contribution in [0.1, 0.15) is 33.1 Å². The number of hydrogen-bond acceptors (Lipinski definition) is 2. The Kier molecular flexibility index (Phi) is 5.22. The minimum atomic E-state index is -0.301. The molecular formula is C8H16O2. The Morgan fingerprint density at radius 2 is 2.20 bits per heavy atom. The van der Waals surface area contributed by atoms with Crippen LogP contribution >= 0.6 is 0 Å². The summed E-state index contributed by atoms with van der Waals surface area (Å²) in [5.74, 6) is 0.0124. The van der Waals surface area contributed by atoms with Gasteiger partial charge in [0.1, 0.15) is 6.61 Å². The third-order valence-electron chi connectivity index (χ3n) is 1.70. The molecule has 10 heavy (non-hydrogen) atoms. The van der Waals surface area contributed by atoms with Crippen LogP contribution in [0.25, 0.3) is 0 Å². The largest absolute Gasteiger partial charge is 0.389 e. The van der Waals surface area contributed by atoms with Gasteiger partial charge in [0.15, 0.2) is 5.78 Å². The van der Waals surface area contributed by atoms with Crippen LogP contribution < -0.4 is 0 Å². The zero-order valence-corrected chi connectivity index (χ0v) is 6.76. The van der Waals surface area contributed by atoms with Crippen molar-refractivity contribution in [3.63, 3.8) is 0 Å². The third-order valence-corrected chi connectivity index (χ3v) is 1.70. The Balaban J connectivity index is 3.41. The maximum Gasteiger partial charge on any atom is 0.160 e. The first kappa shape index (κ1) is 9.63. The quantitative estimate of drug-likeness (QED) is 0.632. The Hall–Kier alpha value is -0.370. The van der Waals surface area contributed by atoms with E-state index in [-0.39, 0.29) is 18.3 Å². The molecule has 1 atom stereocenters. The van der Waals surface area contributed by atoms with Gasteiger partial charge in [0.05, 0.1) is 0 Å². The molecule has 1 N–H and O–H groups in total. The van der Waals surface area contributed by atoms with Crippen LogP contribution in [0.3, 0.4) is 0 Å². The van der Waals surface area contributed by atoms with Gasteiger partial charge in [0.25, 0.3) is 0 Å². The van der Waals surface area contributed by atoms with E-state index in [2.05, 4.69) is 6.92 Å². The predicted octanol–water partition coefficient (Wildman–Crippen LogP) is 1.37. The summed E-state index contributed by atoms with van der Waals surface area (Å²) < 4.78 is 0. The molecule has 1 unspecified atom stereocenters. The highest BCUT2D eigenvalue weighted by molar-refractivity contribution is 5.81. The van der Waals surface area contributed by atoms with Crippen LogP contribution in [-0.2, 0) is 4.79 Å². The minimum Gasteiger partial charge on any atom is -0.389 e. The Labute approximate surface area is 62.2 Å². The molecule has 0 aromatic rings. The molecule has 2 heteroatoms. The first-order chi connectivity index (χ1) is 4.72. The second kappa shape index (κ2) is 5.42. The maximum atomic E-state index is 10.8. The summed E-state index contributed by atoms with van der Waals surface area (Å²) in [6.07, 6.45) is 3.10. The van der Waals surface area contributed by atoms with Crippen molar-refractivity contribution in [2.75, 3.05) is 6.61 Å². The number of unbranched alkanes of at least 4 members (excludes halogenated alkanes) is 1. The molecule has 0 aliphatic carbocycles. The van der Waals surface area contributed by atoms with Crippen molar-refractivity contribution in [3.05, 3.63) is 0 Å². The van der Waals surface area contributed by atoms with Crippen LogP contribution in [-0.4, -0.2) is 17.5 Å². The van der Waals surface area contributed by atoms with Gasteiger partial charge in [-0.25, -0.2) is 0 Å². The van der Waals surface area contributed by atoms with E-state index < -0.39 is 0 Å². The summed E-state index contributed by atoms with van der Waals surface area (Å²) in [6, 6.07) is 0. The Morgan fingerprint density at radius 3 is 2.60 bits per heavy atom. The second-order valence-electron chi connectivity index (χ2n) is 2.67. The lowest BCUT2D eigenvalue weighted by Crippen LogP contribution is -2.14. The summed E-state index contributed by atoms with van der Waals surface area (Å²) >= 11 is 0. The van der Waals surface area contributed by atoms with E-state index in [9.17, 15) is 4.79 Å². The zero-order valence-electron chi connectivity index (χ0n) is 6.76. The lowest BCUT2D eigenvalue weighted by Gasteiger charge is -2.05. The lowest BCUT2D eigenvalue weighted by molar-refractivity contribution is -0.125. The summed E-state index contributed by atoms with van der Waals surface area (Å²) in [5.41, 5.74) is 0. The summed E-state index contributed by atoms with van der Waals surface area (Å²) in [4.78, 5) is 10.8. The molecule has 0 bridgehead atoms. The monoisotopic (exact) mass is 144 g/mol. The average molecular weight is 144 g/mol. The van der Waals surface area contributed by atoms with Gasteiger partial charge < -0.3 is 5.11 Å². The minimum absolute atomic E-state index is 0.0338. The SMILES string of the molecule is CCCCC(C)C(=O)CO. The molecule has 0 spiro atoms. The van der Waals surface area contributed by atoms with Crippen molar-refractivity contribution in [2.24, 2.45) is 5.92 Å². The highest BCUT2D eigenvalue weighted by Crippen LogP contribution is 2.07. The van der Waals surface area contributed by atoms with Crippen molar-refractivity contribution in [3.8, 4) is 0 Å². The highest BCUT2D eigenvalue weighted by Gasteiger charge is 2.09. The normalized spacial score (nSPS) is 13.1. The maximum absolute atomic E-state index is 10.8. The van der Waals surface area contributed by atoms with Crippen molar-refractivity contribution in [1.29, 1.82) is 0 Å². The van der Waals surface area contributed by atoms with Crippen LogP contribution in [0.5, 0.6) is 0 Å². The van der Waals surface area contributed by atoms with E-state index in [0.717, 1.165) is 19.3 Å². The van der Waals surface area contributed by atoms with Gasteiger partial charge in [-0.1, -0.05) is 26.7 Å². The molecular weight excluding hydrogens is 128 g/mol. The number of rotatable bonds is 5. The Bertz CT molecular complexity index is 99.4. The van der Waals surface area contributed by atoms with E-state index in [0.29, 0.717) is 0 Å². The molecule has 0 saturated heterocycles. The van der Waals surface area contributed by atoms with Gasteiger partial charge in [-0.3, -0.25) is 4.79 Å². The molecule has 2 nitrogen and oxygen atoms in total. The first-order valence-corrected chi connectivity index (χ1v) is 3.86. The van der Waals surface area contributed by atoms with E-state index in [1.807, 2.05) is 6.92 Å². The molecule has 0 rings (SSSR count). The molecule has 0 aliphatic heterocycles. The van der Waals surface area contributed by atoms with E-state index in [1.54, 1.807) is 0 Å². The Morgan fingerprint density at radius 1 is 1.60 bits per heavy atom. The topological polar surface area (TPSA) is 37.3 Å². The van der Waals surface area contributed by atoms with Gasteiger partial charge in [0.2, 0.25) is 0 Å².